The highest BCUT2D eigenvalue weighted by Crippen LogP contribution is 2.19. The van der Waals surface area contributed by atoms with Gasteiger partial charge in [0.05, 0.1) is 6.04 Å². The van der Waals surface area contributed by atoms with Crippen LogP contribution in [0.3, 0.4) is 0 Å². The molecular formula is C20H19NO4. The molecule has 0 aromatic heterocycles. The van der Waals surface area contributed by atoms with E-state index >= 15 is 0 Å². The summed E-state index contributed by atoms with van der Waals surface area (Å²) in [5.41, 5.74) is 2.06. The Morgan fingerprint density at radius 1 is 1.04 bits per heavy atom. The SMILES string of the molecule is CC(=O)Oc1ccc(COC2=CC(=O)N[C@H]2Cc2ccccc2)cc1. The zero-order valence-corrected chi connectivity index (χ0v) is 13.9. The molecule has 1 N–H and O–H groups in total. The lowest BCUT2D eigenvalue weighted by Crippen LogP contribution is -2.31. The molecule has 5 nitrogen and oxygen atoms in total. The summed E-state index contributed by atoms with van der Waals surface area (Å²) >= 11 is 0. The van der Waals surface area contributed by atoms with E-state index < -0.39 is 0 Å². The van der Waals surface area contributed by atoms with Crippen LogP contribution in [-0.4, -0.2) is 17.9 Å². The molecule has 0 saturated carbocycles. The number of benzene rings is 2. The Hall–Kier alpha value is -3.08. The van der Waals surface area contributed by atoms with Crippen molar-refractivity contribution >= 4 is 11.9 Å². The Morgan fingerprint density at radius 3 is 2.44 bits per heavy atom. The molecule has 1 atom stereocenters. The predicted molar refractivity (Wildman–Crippen MR) is 92.7 cm³/mol. The Kier molecular flexibility index (Phi) is 5.14. The zero-order valence-electron chi connectivity index (χ0n) is 13.9. The quantitative estimate of drug-likeness (QED) is 0.650. The highest BCUT2D eigenvalue weighted by atomic mass is 16.5. The summed E-state index contributed by atoms with van der Waals surface area (Å²) in [4.78, 5) is 22.6. The van der Waals surface area contributed by atoms with Gasteiger partial charge in [-0.15, -0.1) is 0 Å². The van der Waals surface area contributed by atoms with Crippen molar-refractivity contribution in [1.29, 1.82) is 0 Å². The second-order valence-electron chi connectivity index (χ2n) is 5.82. The Balaban J connectivity index is 1.60. The summed E-state index contributed by atoms with van der Waals surface area (Å²) < 4.78 is 10.8. The van der Waals surface area contributed by atoms with E-state index in [1.165, 1.54) is 13.0 Å². The van der Waals surface area contributed by atoms with Crippen LogP contribution in [0.2, 0.25) is 0 Å². The summed E-state index contributed by atoms with van der Waals surface area (Å²) in [5.74, 6) is 0.641. The number of hydrogen-bond donors (Lipinski definition) is 1. The highest BCUT2D eigenvalue weighted by Gasteiger charge is 2.25. The topological polar surface area (TPSA) is 64.6 Å². The van der Waals surface area contributed by atoms with Gasteiger partial charge in [-0.05, 0) is 29.7 Å². The van der Waals surface area contributed by atoms with Crippen molar-refractivity contribution in [2.75, 3.05) is 0 Å². The van der Waals surface area contributed by atoms with E-state index in [-0.39, 0.29) is 17.9 Å². The fraction of sp³-hybridized carbons (Fsp3) is 0.200. The Labute approximate surface area is 146 Å². The van der Waals surface area contributed by atoms with Crippen molar-refractivity contribution in [3.8, 4) is 5.75 Å². The minimum absolute atomic E-state index is 0.138. The molecule has 1 heterocycles. The van der Waals surface area contributed by atoms with Crippen LogP contribution in [0, 0.1) is 0 Å². The maximum atomic E-state index is 11.7. The number of amides is 1. The maximum absolute atomic E-state index is 11.7. The first-order valence-corrected chi connectivity index (χ1v) is 8.06. The lowest BCUT2D eigenvalue weighted by Gasteiger charge is -2.16. The molecule has 0 saturated heterocycles. The number of carbonyl (C=O) groups excluding carboxylic acids is 2. The number of rotatable bonds is 6. The van der Waals surface area contributed by atoms with E-state index in [2.05, 4.69) is 5.32 Å². The van der Waals surface area contributed by atoms with Gasteiger partial charge in [-0.25, -0.2) is 0 Å². The highest BCUT2D eigenvalue weighted by molar-refractivity contribution is 5.91. The fourth-order valence-corrected chi connectivity index (χ4v) is 2.64. The number of nitrogens with one attached hydrogen (secondary N) is 1. The average molecular weight is 337 g/mol. The van der Waals surface area contributed by atoms with Crippen molar-refractivity contribution in [3.05, 3.63) is 77.6 Å². The zero-order chi connectivity index (χ0) is 17.6. The number of carbonyl (C=O) groups is 2. The first-order chi connectivity index (χ1) is 12.1. The van der Waals surface area contributed by atoms with Gasteiger partial charge in [0.25, 0.3) is 0 Å². The van der Waals surface area contributed by atoms with Crippen molar-refractivity contribution < 1.29 is 19.1 Å². The van der Waals surface area contributed by atoms with E-state index in [4.69, 9.17) is 9.47 Å². The van der Waals surface area contributed by atoms with Crippen LogP contribution in [0.4, 0.5) is 0 Å². The molecule has 25 heavy (non-hydrogen) atoms. The van der Waals surface area contributed by atoms with Crippen LogP contribution in [-0.2, 0) is 27.4 Å². The first-order valence-electron chi connectivity index (χ1n) is 8.06. The standard InChI is InChI=1S/C20H19NO4/c1-14(22)25-17-9-7-16(8-10-17)13-24-19-12-20(23)21-18(19)11-15-5-3-2-4-6-15/h2-10,12,18H,11,13H2,1H3,(H,21,23)/t18-/m0/s1. The van der Waals surface area contributed by atoms with E-state index in [9.17, 15) is 9.59 Å². The Morgan fingerprint density at radius 2 is 1.76 bits per heavy atom. The van der Waals surface area contributed by atoms with Gasteiger partial charge in [-0.2, -0.15) is 0 Å². The van der Waals surface area contributed by atoms with Gasteiger partial charge in [0.2, 0.25) is 5.91 Å². The van der Waals surface area contributed by atoms with Crippen LogP contribution in [0.15, 0.2) is 66.4 Å². The van der Waals surface area contributed by atoms with E-state index in [1.807, 2.05) is 42.5 Å². The van der Waals surface area contributed by atoms with Gasteiger partial charge in [-0.3, -0.25) is 9.59 Å². The van der Waals surface area contributed by atoms with Crippen molar-refractivity contribution in [1.82, 2.24) is 5.32 Å². The van der Waals surface area contributed by atoms with Gasteiger partial charge < -0.3 is 14.8 Å². The minimum Gasteiger partial charge on any atom is -0.491 e. The molecule has 0 fully saturated rings. The van der Waals surface area contributed by atoms with Gasteiger partial charge in [0.1, 0.15) is 18.1 Å². The molecule has 0 aliphatic carbocycles. The average Bonchev–Trinajstić information content (AvgIpc) is 2.94. The number of esters is 1. The van der Waals surface area contributed by atoms with Gasteiger partial charge in [-0.1, -0.05) is 42.5 Å². The lowest BCUT2D eigenvalue weighted by atomic mass is 10.1. The smallest absolute Gasteiger partial charge is 0.308 e. The first kappa shape index (κ1) is 16.8. The third kappa shape index (κ3) is 4.70. The molecule has 128 valence electrons. The molecule has 0 radical (unpaired) electrons. The number of ether oxygens (including phenoxy) is 2. The summed E-state index contributed by atoms with van der Waals surface area (Å²) in [5, 5.41) is 2.91. The second kappa shape index (κ2) is 7.66. The van der Waals surface area contributed by atoms with Gasteiger partial charge in [0, 0.05) is 13.0 Å². The summed E-state index contributed by atoms with van der Waals surface area (Å²) in [7, 11) is 0. The molecular weight excluding hydrogens is 318 g/mol. The molecule has 0 unspecified atom stereocenters. The molecule has 1 aliphatic heterocycles. The maximum Gasteiger partial charge on any atom is 0.308 e. The van der Waals surface area contributed by atoms with Crippen molar-refractivity contribution in [2.45, 2.75) is 26.0 Å². The van der Waals surface area contributed by atoms with Crippen molar-refractivity contribution in [3.63, 3.8) is 0 Å². The number of hydrogen-bond acceptors (Lipinski definition) is 4. The van der Waals surface area contributed by atoms with Crippen LogP contribution in [0.1, 0.15) is 18.1 Å². The molecule has 1 aliphatic rings. The van der Waals surface area contributed by atoms with Crippen molar-refractivity contribution in [2.24, 2.45) is 0 Å². The molecule has 1 amide bonds. The van der Waals surface area contributed by atoms with Crippen LogP contribution < -0.4 is 10.1 Å². The monoisotopic (exact) mass is 337 g/mol. The van der Waals surface area contributed by atoms with E-state index in [0.717, 1.165) is 11.1 Å². The molecule has 0 bridgehead atoms. The van der Waals surface area contributed by atoms with Gasteiger partial charge >= 0.3 is 5.97 Å². The normalized spacial score (nSPS) is 16.1. The van der Waals surface area contributed by atoms with E-state index in [1.54, 1.807) is 12.1 Å². The van der Waals surface area contributed by atoms with Crippen LogP contribution in [0.25, 0.3) is 0 Å². The predicted octanol–water partition coefficient (Wildman–Crippen LogP) is 2.75. The summed E-state index contributed by atoms with van der Waals surface area (Å²) in [6, 6.07) is 16.9. The third-order valence-electron chi connectivity index (χ3n) is 3.81. The minimum atomic E-state index is -0.353. The Bertz CT molecular complexity index is 781. The molecule has 0 spiro atoms. The molecule has 2 aromatic carbocycles. The summed E-state index contributed by atoms with van der Waals surface area (Å²) in [6.07, 6.45) is 2.19. The third-order valence-corrected chi connectivity index (χ3v) is 3.81. The molecule has 5 heteroatoms. The van der Waals surface area contributed by atoms with Gasteiger partial charge in [0.15, 0.2) is 0 Å². The largest absolute Gasteiger partial charge is 0.491 e. The molecule has 3 rings (SSSR count). The van der Waals surface area contributed by atoms with E-state index in [0.29, 0.717) is 24.5 Å². The van der Waals surface area contributed by atoms with Crippen LogP contribution >= 0.6 is 0 Å². The van der Waals surface area contributed by atoms with Crippen LogP contribution in [0.5, 0.6) is 5.75 Å². The fourth-order valence-electron chi connectivity index (χ4n) is 2.64. The molecule has 2 aromatic rings. The summed E-state index contributed by atoms with van der Waals surface area (Å²) in [6.45, 7) is 1.70. The second-order valence-corrected chi connectivity index (χ2v) is 5.82. The lowest BCUT2D eigenvalue weighted by molar-refractivity contribution is -0.131.